The maximum atomic E-state index is 10.2. The average Bonchev–Trinajstić information content (AvgIpc) is 1.65. The van der Waals surface area contributed by atoms with Crippen molar-refractivity contribution in [1.29, 1.82) is 0 Å². The van der Waals surface area contributed by atoms with Gasteiger partial charge in [0, 0.05) is 0 Å². The zero-order chi connectivity index (χ0) is 5.86. The summed E-state index contributed by atoms with van der Waals surface area (Å²) in [6, 6.07) is 0. The van der Waals surface area contributed by atoms with E-state index in [1.54, 1.807) is 0 Å². The number of carbonyl (C=O) groups is 1. The molecule has 0 aromatic carbocycles. The van der Waals surface area contributed by atoms with Crippen molar-refractivity contribution in [3.63, 3.8) is 0 Å². The topological polar surface area (TPSA) is 43.1 Å². The van der Waals surface area contributed by atoms with Gasteiger partial charge in [0.05, 0.1) is 0 Å². The van der Waals surface area contributed by atoms with Crippen LogP contribution in [0, 0.1) is 5.92 Å². The molecule has 1 unspecified atom stereocenters. The molecule has 0 spiro atoms. The molecule has 2 N–H and O–H groups in total. The summed E-state index contributed by atoms with van der Waals surface area (Å²) in [6.45, 7) is 1.87. The number of nitrogens with two attached hydrogens (primary N) is 1. The van der Waals surface area contributed by atoms with Gasteiger partial charge in [-0.25, -0.2) is 0 Å². The first-order chi connectivity index (χ1) is 3.18. The van der Waals surface area contributed by atoms with E-state index in [1.807, 2.05) is 6.92 Å². The molecule has 0 aromatic rings. The predicted octanol–water partition coefficient (Wildman–Crippen LogP) is -1.11. The molecule has 1 atom stereocenters. The number of carbonyl (C=O) groups excluding carboxylic acids is 1. The van der Waals surface area contributed by atoms with Gasteiger partial charge in [-0.2, -0.15) is 0 Å². The van der Waals surface area contributed by atoms with Gasteiger partial charge in [-0.3, -0.25) is 0 Å². The number of rotatable bonds is 2. The molecule has 0 fully saturated rings. The van der Waals surface area contributed by atoms with E-state index in [2.05, 4.69) is 0 Å². The van der Waals surface area contributed by atoms with Crippen molar-refractivity contribution in [3.8, 4) is 0 Å². The van der Waals surface area contributed by atoms with Crippen molar-refractivity contribution in [2.45, 2.75) is 12.2 Å². The van der Waals surface area contributed by atoms with Gasteiger partial charge >= 0.3 is 51.0 Å². The van der Waals surface area contributed by atoms with E-state index in [1.165, 1.54) is 0 Å². The second-order valence-electron chi connectivity index (χ2n) is 1.71. The molecular weight excluding hydrogens is 151 g/mol. The summed E-state index contributed by atoms with van der Waals surface area (Å²) in [5, 5.41) is 1.03. The molecule has 0 bridgehead atoms. The van der Waals surface area contributed by atoms with Crippen LogP contribution in [0.2, 0.25) is 5.25 Å². The van der Waals surface area contributed by atoms with Crippen LogP contribution in [0.25, 0.3) is 0 Å². The first kappa shape index (κ1) is 7.01. The Morgan fingerprint density at radius 3 is 2.43 bits per heavy atom. The van der Waals surface area contributed by atoms with Crippen molar-refractivity contribution in [2.24, 2.45) is 11.7 Å². The Balaban J connectivity index is 3.34. The monoisotopic (exact) mass is 163 g/mol. The molecule has 0 saturated heterocycles. The van der Waals surface area contributed by atoms with Crippen LogP contribution in [-0.2, 0) is 4.79 Å². The molecule has 2 nitrogen and oxygen atoms in total. The summed E-state index contributed by atoms with van der Waals surface area (Å²) < 4.78 is 0. The van der Waals surface area contributed by atoms with Crippen LogP contribution in [-0.4, -0.2) is 22.4 Å². The second-order valence-corrected chi connectivity index (χ2v) is 3.42. The molecule has 3 heteroatoms. The number of hydrogen-bond donors (Lipinski definition) is 1. The third kappa shape index (κ3) is 2.68. The second kappa shape index (κ2) is 3.07. The molecule has 0 heterocycles. The zero-order valence-corrected chi connectivity index (χ0v) is 8.97. The van der Waals surface area contributed by atoms with E-state index >= 15 is 0 Å². The summed E-state index contributed by atoms with van der Waals surface area (Å²) in [5.41, 5.74) is 4.94. The minimum atomic E-state index is -0.159. The van der Waals surface area contributed by atoms with Crippen LogP contribution in [0.15, 0.2) is 0 Å². The Morgan fingerprint density at radius 1 is 2.00 bits per heavy atom. The zero-order valence-electron chi connectivity index (χ0n) is 4.77. The predicted molar refractivity (Wildman–Crippen MR) is 33.1 cm³/mol. The SMILES string of the molecule is CC([CH2][GeH3])C(N)=O. The van der Waals surface area contributed by atoms with Crippen LogP contribution >= 0.6 is 0 Å². The van der Waals surface area contributed by atoms with Gasteiger partial charge in [0.15, 0.2) is 0 Å². The van der Waals surface area contributed by atoms with Crippen LogP contribution in [0.4, 0.5) is 0 Å². The molecule has 0 aliphatic rings. The molecule has 42 valence electrons. The quantitative estimate of drug-likeness (QED) is 0.513. The van der Waals surface area contributed by atoms with Crippen molar-refractivity contribution < 1.29 is 4.79 Å². The fourth-order valence-electron chi connectivity index (χ4n) is 0.201. The van der Waals surface area contributed by atoms with Crippen LogP contribution in [0.3, 0.4) is 0 Å². The average molecular weight is 162 g/mol. The Labute approximate surface area is 51.7 Å². The van der Waals surface area contributed by atoms with E-state index in [0.717, 1.165) is 21.8 Å². The number of primary amides is 1. The summed E-state index contributed by atoms with van der Waals surface area (Å²) in [7, 11) is 0. The van der Waals surface area contributed by atoms with E-state index in [0.29, 0.717) is 0 Å². The molecule has 1 amide bonds. The number of amides is 1. The molecule has 7 heavy (non-hydrogen) atoms. The third-order valence-corrected chi connectivity index (χ3v) is 3.67. The Hall–Kier alpha value is 0.0129. The van der Waals surface area contributed by atoms with Crippen LogP contribution in [0.5, 0.6) is 0 Å². The van der Waals surface area contributed by atoms with Crippen LogP contribution in [0.1, 0.15) is 6.92 Å². The van der Waals surface area contributed by atoms with Gasteiger partial charge in [-0.15, -0.1) is 0 Å². The van der Waals surface area contributed by atoms with Crippen molar-refractivity contribution in [2.75, 3.05) is 0 Å². The summed E-state index contributed by atoms with van der Waals surface area (Å²) >= 11 is 0.765. The molecule has 0 aliphatic carbocycles. The van der Waals surface area contributed by atoms with Gasteiger partial charge in [-0.05, 0) is 0 Å². The first-order valence-electron chi connectivity index (χ1n) is 2.47. The van der Waals surface area contributed by atoms with Crippen molar-refractivity contribution >= 4 is 22.4 Å². The summed E-state index contributed by atoms with van der Waals surface area (Å²) in [6.07, 6.45) is 0. The fourth-order valence-corrected chi connectivity index (χ4v) is 1.05. The van der Waals surface area contributed by atoms with E-state index in [4.69, 9.17) is 5.73 Å². The van der Waals surface area contributed by atoms with E-state index in [-0.39, 0.29) is 11.8 Å². The van der Waals surface area contributed by atoms with E-state index < -0.39 is 0 Å². The van der Waals surface area contributed by atoms with Crippen molar-refractivity contribution in [3.05, 3.63) is 0 Å². The minimum absolute atomic E-state index is 0.125. The summed E-state index contributed by atoms with van der Waals surface area (Å²) in [4.78, 5) is 10.2. The van der Waals surface area contributed by atoms with Gasteiger partial charge < -0.3 is 0 Å². The van der Waals surface area contributed by atoms with Gasteiger partial charge in [0.2, 0.25) is 0 Å². The third-order valence-electron chi connectivity index (χ3n) is 1.10. The Bertz CT molecular complexity index is 74.1. The summed E-state index contributed by atoms with van der Waals surface area (Å²) in [5.74, 6) is -0.0341. The standard InChI is InChI=1S/C4H11GeNO/c1-3(2-5)4(6)7/h3H,2H2,1,5H3,(H2,6,7). The van der Waals surface area contributed by atoms with E-state index in [9.17, 15) is 4.79 Å². The maximum absolute atomic E-state index is 10.2. The normalized spacial score (nSPS) is 13.9. The Kier molecular flexibility index (Phi) is 3.08. The van der Waals surface area contributed by atoms with Gasteiger partial charge in [-0.1, -0.05) is 0 Å². The molecule has 0 aliphatic heterocycles. The molecular formula is C4H11GeNO. The first-order valence-corrected chi connectivity index (χ1v) is 5.44. The number of hydrogen-bond acceptors (Lipinski definition) is 1. The van der Waals surface area contributed by atoms with Crippen molar-refractivity contribution in [1.82, 2.24) is 0 Å². The molecule has 0 rings (SSSR count). The molecule has 0 aromatic heterocycles. The van der Waals surface area contributed by atoms with Crippen LogP contribution < -0.4 is 5.73 Å². The molecule has 0 radical (unpaired) electrons. The molecule has 0 saturated carbocycles. The fraction of sp³-hybridized carbons (Fsp3) is 0.750. The Morgan fingerprint density at radius 2 is 2.43 bits per heavy atom. The van der Waals surface area contributed by atoms with Gasteiger partial charge in [0.1, 0.15) is 0 Å². The van der Waals surface area contributed by atoms with Gasteiger partial charge in [0.25, 0.3) is 0 Å².